The summed E-state index contributed by atoms with van der Waals surface area (Å²) in [6.07, 6.45) is 0. The van der Waals surface area contributed by atoms with Crippen molar-refractivity contribution in [2.45, 2.75) is 34.6 Å². The normalized spacial score (nSPS) is 7.15. The lowest BCUT2D eigenvalue weighted by Crippen LogP contribution is -1.78. The summed E-state index contributed by atoms with van der Waals surface area (Å²) in [4.78, 5) is 9.00. The Morgan fingerprint density at radius 2 is 0.900 bits per heavy atom. The largest absolute Gasteiger partial charge is 0.481 e. The summed E-state index contributed by atoms with van der Waals surface area (Å²) in [5.41, 5.74) is 0. The van der Waals surface area contributed by atoms with E-state index in [1.54, 1.807) is 0 Å². The highest BCUT2D eigenvalue weighted by Gasteiger charge is 1.85. The Bertz CT molecular complexity index is 356. The molecule has 2 aromatic carbocycles. The van der Waals surface area contributed by atoms with Gasteiger partial charge in [0.25, 0.3) is 5.97 Å². The fraction of sp³-hybridized carbons (Fsp3) is 0.353. The van der Waals surface area contributed by atoms with E-state index in [1.165, 1.54) is 10.8 Å². The number of aliphatic carboxylic acids is 1. The van der Waals surface area contributed by atoms with Gasteiger partial charge >= 0.3 is 0 Å². The van der Waals surface area contributed by atoms with Gasteiger partial charge in [-0.1, -0.05) is 76.2 Å². The molecular weight excluding hydrogens is 252 g/mol. The maximum absolute atomic E-state index is 9.00. The van der Waals surface area contributed by atoms with E-state index in [1.807, 2.05) is 27.7 Å². The minimum absolute atomic E-state index is 0.833. The molecule has 0 saturated heterocycles. The first-order valence-corrected chi connectivity index (χ1v) is 6.78. The van der Waals surface area contributed by atoms with Crippen LogP contribution >= 0.6 is 0 Å². The zero-order valence-electron chi connectivity index (χ0n) is 13.4. The molecule has 0 aromatic heterocycles. The van der Waals surface area contributed by atoms with Gasteiger partial charge in [0.1, 0.15) is 0 Å². The maximum Gasteiger partial charge on any atom is 0.300 e. The second-order valence-corrected chi connectivity index (χ2v) is 2.87. The molecule has 2 aromatic rings. The lowest BCUT2D eigenvalue weighted by Gasteiger charge is -1.92. The first-order chi connectivity index (χ1) is 9.70. The van der Waals surface area contributed by atoms with Crippen molar-refractivity contribution in [1.29, 1.82) is 0 Å². The molecule has 20 heavy (non-hydrogen) atoms. The standard InChI is InChI=1S/C10H8.C2H4O2.2C2H6.CH4O/c1-2-6-10-8-4-3-7-9(10)5-1;1-2(3)4;3*1-2/h1-8H;1H3,(H,3,4);2*1-2H3;2H,1H3. The maximum atomic E-state index is 9.00. The van der Waals surface area contributed by atoms with E-state index >= 15 is 0 Å². The van der Waals surface area contributed by atoms with Crippen molar-refractivity contribution in [3.8, 4) is 0 Å². The Morgan fingerprint density at radius 3 is 1.05 bits per heavy atom. The number of hydrogen-bond acceptors (Lipinski definition) is 2. The fourth-order valence-corrected chi connectivity index (χ4v) is 1.13. The molecule has 0 aliphatic carbocycles. The Hall–Kier alpha value is -1.87. The van der Waals surface area contributed by atoms with Crippen molar-refractivity contribution in [2.75, 3.05) is 7.11 Å². The van der Waals surface area contributed by atoms with Gasteiger partial charge in [0.05, 0.1) is 0 Å². The third-order valence-corrected chi connectivity index (χ3v) is 1.66. The van der Waals surface area contributed by atoms with Gasteiger partial charge in [-0.15, -0.1) is 0 Å². The molecule has 0 saturated carbocycles. The van der Waals surface area contributed by atoms with Gasteiger partial charge in [-0.3, -0.25) is 4.79 Å². The van der Waals surface area contributed by atoms with Crippen LogP contribution < -0.4 is 0 Å². The highest BCUT2D eigenvalue weighted by molar-refractivity contribution is 5.81. The van der Waals surface area contributed by atoms with Crippen LogP contribution in [0.25, 0.3) is 10.8 Å². The second-order valence-electron chi connectivity index (χ2n) is 2.87. The summed E-state index contributed by atoms with van der Waals surface area (Å²) in [5, 5.41) is 17.0. The number of carboxylic acid groups (broad SMARTS) is 1. The molecule has 3 nitrogen and oxygen atoms in total. The van der Waals surface area contributed by atoms with Crippen molar-refractivity contribution in [3.05, 3.63) is 48.5 Å². The predicted molar refractivity (Wildman–Crippen MR) is 88.1 cm³/mol. The monoisotopic (exact) mass is 280 g/mol. The summed E-state index contributed by atoms with van der Waals surface area (Å²) >= 11 is 0. The lowest BCUT2D eigenvalue weighted by atomic mass is 10.1. The topological polar surface area (TPSA) is 57.5 Å². The van der Waals surface area contributed by atoms with Crippen molar-refractivity contribution in [1.82, 2.24) is 0 Å². The molecule has 2 N–H and O–H groups in total. The quantitative estimate of drug-likeness (QED) is 0.742. The average molecular weight is 280 g/mol. The van der Waals surface area contributed by atoms with E-state index in [0.717, 1.165) is 14.0 Å². The number of rotatable bonds is 0. The van der Waals surface area contributed by atoms with Gasteiger partial charge in [0, 0.05) is 14.0 Å². The van der Waals surface area contributed by atoms with Crippen LogP contribution in [0, 0.1) is 0 Å². The van der Waals surface area contributed by atoms with Crippen LogP contribution in [-0.4, -0.2) is 23.3 Å². The molecule has 0 amide bonds. The van der Waals surface area contributed by atoms with Gasteiger partial charge in [-0.2, -0.15) is 0 Å². The summed E-state index contributed by atoms with van der Waals surface area (Å²) in [7, 11) is 1.00. The highest BCUT2D eigenvalue weighted by Crippen LogP contribution is 2.11. The van der Waals surface area contributed by atoms with Crippen LogP contribution in [0.3, 0.4) is 0 Å². The van der Waals surface area contributed by atoms with Gasteiger partial charge in [-0.05, 0) is 10.8 Å². The van der Waals surface area contributed by atoms with E-state index in [9.17, 15) is 0 Å². The molecule has 2 rings (SSSR count). The van der Waals surface area contributed by atoms with Crippen molar-refractivity contribution in [2.24, 2.45) is 0 Å². The zero-order valence-corrected chi connectivity index (χ0v) is 13.4. The zero-order chi connectivity index (χ0) is 16.4. The Balaban J connectivity index is -0.000000247. The molecule has 0 unspecified atom stereocenters. The highest BCUT2D eigenvalue weighted by atomic mass is 16.4. The van der Waals surface area contributed by atoms with Gasteiger partial charge < -0.3 is 10.2 Å². The van der Waals surface area contributed by atoms with Crippen LogP contribution in [0.5, 0.6) is 0 Å². The number of carboxylic acids is 1. The predicted octanol–water partition coefficient (Wildman–Crippen LogP) is 4.59. The van der Waals surface area contributed by atoms with Crippen LogP contribution in [0.15, 0.2) is 48.5 Å². The molecule has 0 radical (unpaired) electrons. The van der Waals surface area contributed by atoms with E-state index in [0.29, 0.717) is 0 Å². The number of hydrogen-bond donors (Lipinski definition) is 2. The van der Waals surface area contributed by atoms with Crippen molar-refractivity contribution in [3.63, 3.8) is 0 Å². The molecule has 0 aliphatic heterocycles. The van der Waals surface area contributed by atoms with Crippen molar-refractivity contribution >= 4 is 16.7 Å². The lowest BCUT2D eigenvalue weighted by molar-refractivity contribution is -0.134. The molecular formula is C17H28O3. The summed E-state index contributed by atoms with van der Waals surface area (Å²) in [6.45, 7) is 9.08. The first kappa shape index (κ1) is 23.2. The fourth-order valence-electron chi connectivity index (χ4n) is 1.13. The molecule has 0 aliphatic rings. The molecule has 0 atom stereocenters. The number of fused-ring (bicyclic) bond motifs is 1. The minimum atomic E-state index is -0.833. The molecule has 114 valence electrons. The SMILES string of the molecule is CC.CC.CC(=O)O.CO.c1ccc2ccccc2c1. The average Bonchev–Trinajstić information content (AvgIpc) is 2.53. The number of aliphatic hydroxyl groups excluding tert-OH is 1. The number of carbonyl (C=O) groups is 1. The molecule has 0 fully saturated rings. The minimum Gasteiger partial charge on any atom is -0.481 e. The Kier molecular flexibility index (Phi) is 22.6. The third kappa shape index (κ3) is 14.2. The molecule has 3 heteroatoms. The first-order valence-electron chi connectivity index (χ1n) is 6.78. The Morgan fingerprint density at radius 1 is 0.750 bits per heavy atom. The van der Waals surface area contributed by atoms with Gasteiger partial charge in [-0.25, -0.2) is 0 Å². The summed E-state index contributed by atoms with van der Waals surface area (Å²) in [6, 6.07) is 16.7. The summed E-state index contributed by atoms with van der Waals surface area (Å²) < 4.78 is 0. The number of benzene rings is 2. The van der Waals surface area contributed by atoms with Gasteiger partial charge in [0.2, 0.25) is 0 Å². The van der Waals surface area contributed by atoms with Crippen LogP contribution in [0.4, 0.5) is 0 Å². The van der Waals surface area contributed by atoms with E-state index in [2.05, 4.69) is 48.5 Å². The third-order valence-electron chi connectivity index (χ3n) is 1.66. The number of aliphatic hydroxyl groups is 1. The summed E-state index contributed by atoms with van der Waals surface area (Å²) in [5.74, 6) is -0.833. The van der Waals surface area contributed by atoms with Gasteiger partial charge in [0.15, 0.2) is 0 Å². The smallest absolute Gasteiger partial charge is 0.300 e. The van der Waals surface area contributed by atoms with Crippen LogP contribution in [0.1, 0.15) is 34.6 Å². The molecule has 0 heterocycles. The van der Waals surface area contributed by atoms with E-state index in [-0.39, 0.29) is 0 Å². The molecule has 0 bridgehead atoms. The molecule has 0 spiro atoms. The second kappa shape index (κ2) is 19.5. The van der Waals surface area contributed by atoms with Crippen LogP contribution in [-0.2, 0) is 4.79 Å². The Labute approximate surface area is 122 Å². The van der Waals surface area contributed by atoms with Crippen molar-refractivity contribution < 1.29 is 15.0 Å². The van der Waals surface area contributed by atoms with E-state index < -0.39 is 5.97 Å². The van der Waals surface area contributed by atoms with Crippen LogP contribution in [0.2, 0.25) is 0 Å². The van der Waals surface area contributed by atoms with E-state index in [4.69, 9.17) is 15.0 Å².